The van der Waals surface area contributed by atoms with Gasteiger partial charge in [-0.05, 0) is 6.92 Å². The molecular weight excluding hydrogens is 204 g/mol. The molecule has 0 aliphatic carbocycles. The number of piperazine rings is 1. The minimum atomic E-state index is -0.121. The molecule has 0 aromatic rings. The van der Waals surface area contributed by atoms with Gasteiger partial charge in [0.25, 0.3) is 0 Å². The van der Waals surface area contributed by atoms with Gasteiger partial charge in [-0.15, -0.1) is 0 Å². The van der Waals surface area contributed by atoms with Crippen molar-refractivity contribution in [2.24, 2.45) is 0 Å². The van der Waals surface area contributed by atoms with Gasteiger partial charge in [0.2, 0.25) is 0 Å². The Labute approximate surface area is 97.9 Å². The first-order chi connectivity index (χ1) is 7.61. The molecule has 0 radical (unpaired) electrons. The van der Waals surface area contributed by atoms with E-state index in [1.807, 2.05) is 0 Å². The third-order valence-corrected chi connectivity index (χ3v) is 2.82. The summed E-state index contributed by atoms with van der Waals surface area (Å²) >= 11 is 0. The summed E-state index contributed by atoms with van der Waals surface area (Å²) in [6, 6.07) is 0. The van der Waals surface area contributed by atoms with Crippen molar-refractivity contribution in [3.63, 3.8) is 0 Å². The molecule has 4 nitrogen and oxygen atoms in total. The molecule has 4 heteroatoms. The Kier molecular flexibility index (Phi) is 5.49. The van der Waals surface area contributed by atoms with Crippen molar-refractivity contribution in [2.75, 3.05) is 46.4 Å². The van der Waals surface area contributed by atoms with E-state index in [0.29, 0.717) is 6.42 Å². The van der Waals surface area contributed by atoms with E-state index in [-0.39, 0.29) is 5.97 Å². The van der Waals surface area contributed by atoms with E-state index < -0.39 is 0 Å². The van der Waals surface area contributed by atoms with Crippen LogP contribution >= 0.6 is 0 Å². The molecule has 0 aromatic heterocycles. The molecule has 1 aliphatic heterocycles. The number of hydrogen-bond acceptors (Lipinski definition) is 4. The highest BCUT2D eigenvalue weighted by molar-refractivity contribution is 5.69. The number of methoxy groups -OCH3 is 1. The maximum Gasteiger partial charge on any atom is 0.306 e. The molecule has 0 amide bonds. The highest BCUT2D eigenvalue weighted by Crippen LogP contribution is 2.04. The Morgan fingerprint density at radius 3 is 2.31 bits per heavy atom. The first kappa shape index (κ1) is 13.2. The van der Waals surface area contributed by atoms with Gasteiger partial charge in [-0.1, -0.05) is 12.2 Å². The third kappa shape index (κ3) is 4.77. The van der Waals surface area contributed by atoms with E-state index in [1.54, 1.807) is 0 Å². The molecule has 0 bridgehead atoms. The zero-order valence-corrected chi connectivity index (χ0v) is 10.4. The lowest BCUT2D eigenvalue weighted by molar-refractivity contribution is -0.141. The number of carbonyl (C=O) groups excluding carboxylic acids is 1. The predicted molar refractivity (Wildman–Crippen MR) is 64.3 cm³/mol. The normalized spacial score (nSPS) is 18.4. The highest BCUT2D eigenvalue weighted by atomic mass is 16.5. The quantitative estimate of drug-likeness (QED) is 0.511. The van der Waals surface area contributed by atoms with Crippen molar-refractivity contribution in [3.8, 4) is 0 Å². The van der Waals surface area contributed by atoms with E-state index in [2.05, 4.69) is 28.0 Å². The van der Waals surface area contributed by atoms with Crippen LogP contribution in [0.4, 0.5) is 0 Å². The molecule has 16 heavy (non-hydrogen) atoms. The van der Waals surface area contributed by atoms with Gasteiger partial charge in [-0.25, -0.2) is 0 Å². The van der Waals surface area contributed by atoms with Gasteiger partial charge in [-0.3, -0.25) is 9.69 Å². The molecule has 0 aromatic carbocycles. The number of rotatable bonds is 5. The third-order valence-electron chi connectivity index (χ3n) is 2.82. The molecule has 1 rings (SSSR count). The maximum absolute atomic E-state index is 11.0. The number of ether oxygens (including phenoxy) is 1. The lowest BCUT2D eigenvalue weighted by atomic mass is 10.2. The van der Waals surface area contributed by atoms with Crippen LogP contribution in [-0.2, 0) is 9.53 Å². The minimum Gasteiger partial charge on any atom is -0.469 e. The fourth-order valence-corrected chi connectivity index (χ4v) is 1.90. The number of carbonyl (C=O) groups is 1. The zero-order chi connectivity index (χ0) is 12.0. The van der Waals surface area contributed by atoms with Crippen LogP contribution in [-0.4, -0.2) is 62.1 Å². The lowest BCUT2D eigenvalue weighted by Crippen LogP contribution is -2.47. The Hall–Kier alpha value is -0.870. The van der Waals surface area contributed by atoms with E-state index >= 15 is 0 Å². The van der Waals surface area contributed by atoms with Crippen LogP contribution in [0.25, 0.3) is 0 Å². The fourth-order valence-electron chi connectivity index (χ4n) is 1.90. The molecule has 1 saturated heterocycles. The van der Waals surface area contributed by atoms with Crippen molar-refractivity contribution in [1.82, 2.24) is 9.80 Å². The molecule has 0 unspecified atom stereocenters. The van der Waals surface area contributed by atoms with Crippen molar-refractivity contribution in [2.45, 2.75) is 13.3 Å². The molecule has 1 heterocycles. The summed E-state index contributed by atoms with van der Waals surface area (Å²) in [5, 5.41) is 0. The monoisotopic (exact) mass is 226 g/mol. The van der Waals surface area contributed by atoms with Crippen LogP contribution < -0.4 is 0 Å². The van der Waals surface area contributed by atoms with Crippen LogP contribution in [0, 0.1) is 0 Å². The first-order valence-electron chi connectivity index (χ1n) is 5.77. The second-order valence-electron chi connectivity index (χ2n) is 4.40. The van der Waals surface area contributed by atoms with Crippen molar-refractivity contribution < 1.29 is 9.53 Å². The summed E-state index contributed by atoms with van der Waals surface area (Å²) in [7, 11) is 1.44. The average molecular weight is 226 g/mol. The van der Waals surface area contributed by atoms with Crippen LogP contribution in [0.2, 0.25) is 0 Å². The van der Waals surface area contributed by atoms with Crippen LogP contribution in [0.5, 0.6) is 0 Å². The summed E-state index contributed by atoms with van der Waals surface area (Å²) < 4.78 is 4.63. The lowest BCUT2D eigenvalue weighted by Gasteiger charge is -2.34. The van der Waals surface area contributed by atoms with Crippen molar-refractivity contribution in [3.05, 3.63) is 12.2 Å². The maximum atomic E-state index is 11.0. The van der Waals surface area contributed by atoms with E-state index in [1.165, 1.54) is 12.7 Å². The second kappa shape index (κ2) is 6.66. The summed E-state index contributed by atoms with van der Waals surface area (Å²) in [6.45, 7) is 12.0. The van der Waals surface area contributed by atoms with E-state index in [0.717, 1.165) is 39.3 Å². The van der Waals surface area contributed by atoms with Crippen molar-refractivity contribution >= 4 is 5.97 Å². The SMILES string of the molecule is C=C(C)CN1CCN(CCC(=O)OC)CC1. The first-order valence-corrected chi connectivity index (χ1v) is 5.77. The van der Waals surface area contributed by atoms with Gasteiger partial charge < -0.3 is 9.64 Å². The molecular formula is C12H22N2O2. The second-order valence-corrected chi connectivity index (χ2v) is 4.40. The van der Waals surface area contributed by atoms with Gasteiger partial charge in [0.05, 0.1) is 13.5 Å². The van der Waals surface area contributed by atoms with E-state index in [4.69, 9.17) is 0 Å². The molecule has 0 atom stereocenters. The smallest absolute Gasteiger partial charge is 0.306 e. The van der Waals surface area contributed by atoms with Crippen LogP contribution in [0.3, 0.4) is 0 Å². The zero-order valence-electron chi connectivity index (χ0n) is 10.4. The molecule has 0 N–H and O–H groups in total. The molecule has 1 fully saturated rings. The summed E-state index contributed by atoms with van der Waals surface area (Å²) in [4.78, 5) is 15.7. The van der Waals surface area contributed by atoms with Gasteiger partial charge in [0, 0.05) is 39.3 Å². The van der Waals surface area contributed by atoms with Gasteiger partial charge in [0.1, 0.15) is 0 Å². The number of esters is 1. The number of hydrogen-bond donors (Lipinski definition) is 0. The predicted octanol–water partition coefficient (Wildman–Crippen LogP) is 0.743. The van der Waals surface area contributed by atoms with Gasteiger partial charge >= 0.3 is 5.97 Å². The fraction of sp³-hybridized carbons (Fsp3) is 0.750. The van der Waals surface area contributed by atoms with E-state index in [9.17, 15) is 4.79 Å². The highest BCUT2D eigenvalue weighted by Gasteiger charge is 2.17. The number of nitrogens with zero attached hydrogens (tertiary/aromatic N) is 2. The molecule has 1 aliphatic rings. The summed E-state index contributed by atoms with van der Waals surface area (Å²) in [5.74, 6) is -0.121. The largest absolute Gasteiger partial charge is 0.469 e. The van der Waals surface area contributed by atoms with Gasteiger partial charge in [-0.2, -0.15) is 0 Å². The molecule has 0 saturated carbocycles. The van der Waals surface area contributed by atoms with Crippen LogP contribution in [0.1, 0.15) is 13.3 Å². The van der Waals surface area contributed by atoms with Crippen molar-refractivity contribution in [1.29, 1.82) is 0 Å². The Morgan fingerprint density at radius 2 is 1.81 bits per heavy atom. The van der Waals surface area contributed by atoms with Crippen LogP contribution in [0.15, 0.2) is 12.2 Å². The van der Waals surface area contributed by atoms with Gasteiger partial charge in [0.15, 0.2) is 0 Å². The summed E-state index contributed by atoms with van der Waals surface area (Å²) in [5.41, 5.74) is 1.21. The minimum absolute atomic E-state index is 0.121. The summed E-state index contributed by atoms with van der Waals surface area (Å²) in [6.07, 6.45) is 0.497. The Bertz CT molecular complexity index is 245. The Balaban J connectivity index is 2.16. The standard InChI is InChI=1S/C12H22N2O2/c1-11(2)10-14-8-6-13(7-9-14)5-4-12(15)16-3/h1,4-10H2,2-3H3. The average Bonchev–Trinajstić information content (AvgIpc) is 2.27. The topological polar surface area (TPSA) is 32.8 Å². The molecule has 92 valence electrons. The molecule has 0 spiro atoms. The Morgan fingerprint density at radius 1 is 1.25 bits per heavy atom.